The highest BCUT2D eigenvalue weighted by Gasteiger charge is 2.06. The van der Waals surface area contributed by atoms with Gasteiger partial charge < -0.3 is 32.4 Å². The van der Waals surface area contributed by atoms with Gasteiger partial charge in [0.25, 0.3) is 0 Å². The lowest BCUT2D eigenvalue weighted by Gasteiger charge is -2.10. The Morgan fingerprint density at radius 3 is 1.06 bits per heavy atom. The Labute approximate surface area is 188 Å². The van der Waals surface area contributed by atoms with E-state index in [0.29, 0.717) is 22.9 Å². The second kappa shape index (κ2) is 10.1. The highest BCUT2D eigenvalue weighted by atomic mass is 16.5. The fraction of sp³-hybridized carbons (Fsp3) is 0.0769. The summed E-state index contributed by atoms with van der Waals surface area (Å²) >= 11 is 0. The zero-order valence-corrected chi connectivity index (χ0v) is 18.2. The van der Waals surface area contributed by atoms with Crippen LogP contribution >= 0.6 is 0 Å². The van der Waals surface area contributed by atoms with Crippen molar-refractivity contribution in [2.75, 3.05) is 37.2 Å². The Kier molecular flexibility index (Phi) is 7.08. The standard InChI is InChI=1S/C14H16N2O2.C12H12N2/c1-17-13-7-9(3-5-11(13)15)10-4-6-12(16)14(8-10)18-2;13-11-5-1-9(2-6-11)10-3-7-12(14)8-4-10/h3-8H,15-16H2,1-2H3;1-8H,13-14H2. The summed E-state index contributed by atoms with van der Waals surface area (Å²) in [6, 6.07) is 26.9. The molecule has 0 saturated heterocycles. The number of methoxy groups -OCH3 is 2. The Bertz CT molecular complexity index is 1080. The van der Waals surface area contributed by atoms with Crippen molar-refractivity contribution in [2.45, 2.75) is 0 Å². The van der Waals surface area contributed by atoms with Gasteiger partial charge in [-0.05, 0) is 70.8 Å². The van der Waals surface area contributed by atoms with Crippen molar-refractivity contribution in [2.24, 2.45) is 0 Å². The lowest BCUT2D eigenvalue weighted by molar-refractivity contribution is 0.416. The van der Waals surface area contributed by atoms with Crippen LogP contribution in [-0.2, 0) is 0 Å². The average Bonchev–Trinajstić information content (AvgIpc) is 2.81. The van der Waals surface area contributed by atoms with Crippen molar-refractivity contribution < 1.29 is 9.47 Å². The van der Waals surface area contributed by atoms with Crippen LogP contribution in [0.25, 0.3) is 22.3 Å². The van der Waals surface area contributed by atoms with E-state index in [2.05, 4.69) is 0 Å². The molecule has 0 aliphatic carbocycles. The topological polar surface area (TPSA) is 123 Å². The highest BCUT2D eigenvalue weighted by Crippen LogP contribution is 2.32. The SMILES string of the molecule is COc1cc(-c2ccc(N)c(OC)c2)ccc1N.Nc1ccc(-c2ccc(N)cc2)cc1. The first-order chi connectivity index (χ1) is 15.4. The fourth-order valence-corrected chi connectivity index (χ4v) is 3.13. The molecule has 4 aromatic carbocycles. The van der Waals surface area contributed by atoms with Crippen LogP contribution in [0.2, 0.25) is 0 Å². The molecule has 0 aliphatic heterocycles. The van der Waals surface area contributed by atoms with E-state index in [1.165, 1.54) is 0 Å². The van der Waals surface area contributed by atoms with Gasteiger partial charge in [0.2, 0.25) is 0 Å². The monoisotopic (exact) mass is 428 g/mol. The molecular formula is C26H28N4O2. The maximum absolute atomic E-state index is 5.79. The van der Waals surface area contributed by atoms with E-state index in [1.54, 1.807) is 14.2 Å². The van der Waals surface area contributed by atoms with Crippen molar-refractivity contribution in [1.82, 2.24) is 0 Å². The Balaban J connectivity index is 0.000000186. The minimum atomic E-state index is 0.615. The van der Waals surface area contributed by atoms with Gasteiger partial charge in [0.1, 0.15) is 11.5 Å². The average molecular weight is 429 g/mol. The van der Waals surface area contributed by atoms with E-state index >= 15 is 0 Å². The first kappa shape index (κ1) is 22.4. The molecule has 0 unspecified atom stereocenters. The molecule has 0 atom stereocenters. The quantitative estimate of drug-likeness (QED) is 0.337. The van der Waals surface area contributed by atoms with E-state index in [1.807, 2.05) is 84.9 Å². The lowest BCUT2D eigenvalue weighted by atomic mass is 10.0. The molecule has 0 bridgehead atoms. The fourth-order valence-electron chi connectivity index (χ4n) is 3.13. The van der Waals surface area contributed by atoms with Gasteiger partial charge in [-0.15, -0.1) is 0 Å². The molecule has 0 aromatic heterocycles. The number of nitrogens with two attached hydrogens (primary N) is 4. The van der Waals surface area contributed by atoms with Gasteiger partial charge in [0.05, 0.1) is 25.6 Å². The predicted octanol–water partition coefficient (Wildman–Crippen LogP) is 5.05. The summed E-state index contributed by atoms with van der Waals surface area (Å²) in [5, 5.41) is 0. The molecule has 0 saturated carbocycles. The van der Waals surface area contributed by atoms with Crippen LogP contribution < -0.4 is 32.4 Å². The number of ether oxygens (including phenoxy) is 2. The summed E-state index contributed by atoms with van der Waals surface area (Å²) in [5.41, 5.74) is 29.9. The number of rotatable bonds is 4. The number of hydrogen-bond acceptors (Lipinski definition) is 6. The van der Waals surface area contributed by atoms with Crippen molar-refractivity contribution in [3.05, 3.63) is 84.9 Å². The Morgan fingerprint density at radius 1 is 0.438 bits per heavy atom. The molecule has 0 amide bonds. The zero-order valence-electron chi connectivity index (χ0n) is 18.2. The molecule has 0 fully saturated rings. The van der Waals surface area contributed by atoms with Gasteiger partial charge in [0, 0.05) is 11.4 Å². The van der Waals surface area contributed by atoms with Gasteiger partial charge in [0.15, 0.2) is 0 Å². The smallest absolute Gasteiger partial charge is 0.142 e. The van der Waals surface area contributed by atoms with Crippen LogP contribution in [0.4, 0.5) is 22.7 Å². The van der Waals surface area contributed by atoms with E-state index in [9.17, 15) is 0 Å². The maximum atomic E-state index is 5.79. The van der Waals surface area contributed by atoms with E-state index in [0.717, 1.165) is 33.6 Å². The van der Waals surface area contributed by atoms with Gasteiger partial charge in [-0.1, -0.05) is 36.4 Å². The van der Waals surface area contributed by atoms with Crippen molar-refractivity contribution >= 4 is 22.7 Å². The summed E-state index contributed by atoms with van der Waals surface area (Å²) < 4.78 is 10.4. The van der Waals surface area contributed by atoms with Crippen LogP contribution in [0.1, 0.15) is 0 Å². The second-order valence-corrected chi connectivity index (χ2v) is 7.16. The number of nitrogen functional groups attached to an aromatic ring is 4. The van der Waals surface area contributed by atoms with Crippen LogP contribution in [0.3, 0.4) is 0 Å². The summed E-state index contributed by atoms with van der Waals surface area (Å²) in [6.45, 7) is 0. The summed E-state index contributed by atoms with van der Waals surface area (Å²) in [4.78, 5) is 0. The Morgan fingerprint density at radius 2 is 0.750 bits per heavy atom. The van der Waals surface area contributed by atoms with Crippen LogP contribution in [-0.4, -0.2) is 14.2 Å². The molecular weight excluding hydrogens is 400 g/mol. The van der Waals surface area contributed by atoms with Crippen LogP contribution in [0.15, 0.2) is 84.9 Å². The van der Waals surface area contributed by atoms with E-state index in [4.69, 9.17) is 32.4 Å². The number of hydrogen-bond donors (Lipinski definition) is 4. The van der Waals surface area contributed by atoms with Gasteiger partial charge >= 0.3 is 0 Å². The third kappa shape index (κ3) is 5.43. The molecule has 0 spiro atoms. The largest absolute Gasteiger partial charge is 0.495 e. The van der Waals surface area contributed by atoms with Gasteiger partial charge in [-0.3, -0.25) is 0 Å². The lowest BCUT2D eigenvalue weighted by Crippen LogP contribution is -1.94. The predicted molar refractivity (Wildman–Crippen MR) is 135 cm³/mol. The first-order valence-electron chi connectivity index (χ1n) is 10.00. The maximum Gasteiger partial charge on any atom is 0.142 e. The zero-order chi connectivity index (χ0) is 23.1. The minimum Gasteiger partial charge on any atom is -0.495 e. The van der Waals surface area contributed by atoms with Gasteiger partial charge in [-0.25, -0.2) is 0 Å². The van der Waals surface area contributed by atoms with E-state index < -0.39 is 0 Å². The third-order valence-electron chi connectivity index (χ3n) is 4.95. The third-order valence-corrected chi connectivity index (χ3v) is 4.95. The van der Waals surface area contributed by atoms with Crippen LogP contribution in [0.5, 0.6) is 11.5 Å². The van der Waals surface area contributed by atoms with Gasteiger partial charge in [-0.2, -0.15) is 0 Å². The molecule has 0 radical (unpaired) electrons. The highest BCUT2D eigenvalue weighted by molar-refractivity contribution is 5.73. The molecule has 0 aliphatic rings. The second-order valence-electron chi connectivity index (χ2n) is 7.16. The molecule has 0 heterocycles. The summed E-state index contributed by atoms with van der Waals surface area (Å²) in [6.07, 6.45) is 0. The minimum absolute atomic E-state index is 0.615. The summed E-state index contributed by atoms with van der Waals surface area (Å²) in [7, 11) is 3.19. The summed E-state index contributed by atoms with van der Waals surface area (Å²) in [5.74, 6) is 1.31. The van der Waals surface area contributed by atoms with Crippen molar-refractivity contribution in [3.8, 4) is 33.8 Å². The molecule has 6 nitrogen and oxygen atoms in total. The number of benzene rings is 4. The van der Waals surface area contributed by atoms with Crippen molar-refractivity contribution in [1.29, 1.82) is 0 Å². The molecule has 8 N–H and O–H groups in total. The number of anilines is 4. The van der Waals surface area contributed by atoms with Crippen LogP contribution in [0, 0.1) is 0 Å². The molecule has 4 aromatic rings. The molecule has 164 valence electrons. The van der Waals surface area contributed by atoms with E-state index in [-0.39, 0.29) is 0 Å². The normalized spacial score (nSPS) is 10.1. The van der Waals surface area contributed by atoms with Crippen molar-refractivity contribution in [3.63, 3.8) is 0 Å². The molecule has 4 rings (SSSR count). The molecule has 6 heteroatoms. The molecule has 32 heavy (non-hydrogen) atoms. The Hall–Kier alpha value is -4.32. The first-order valence-corrected chi connectivity index (χ1v) is 10.00.